The lowest BCUT2D eigenvalue weighted by molar-refractivity contribution is 0.0368. The van der Waals surface area contributed by atoms with E-state index in [1.165, 1.54) is 0 Å². The molecule has 3 nitrogen and oxygen atoms in total. The van der Waals surface area contributed by atoms with Crippen LogP contribution in [-0.4, -0.2) is 22.7 Å². The number of carbonyl (C=O) groups excluding carboxylic acids is 1. The molecule has 0 spiro atoms. The van der Waals surface area contributed by atoms with Gasteiger partial charge in [0.15, 0.2) is 0 Å². The summed E-state index contributed by atoms with van der Waals surface area (Å²) < 4.78 is 0. The predicted octanol–water partition coefficient (Wildman–Crippen LogP) is 1.72. The standard InChI is InChI=1S/C13H17NO2/c1-13(16)9-5-8-11(13)14-12(15)10-6-3-2-4-7-10/h2-4,6-7,11,16H,5,8-9H2,1H3,(H,14,15). The van der Waals surface area contributed by atoms with Crippen molar-refractivity contribution < 1.29 is 9.90 Å². The summed E-state index contributed by atoms with van der Waals surface area (Å²) in [7, 11) is 0. The number of rotatable bonds is 2. The number of hydrogen-bond acceptors (Lipinski definition) is 2. The normalized spacial score (nSPS) is 29.0. The Balaban J connectivity index is 2.03. The Morgan fingerprint density at radius 1 is 1.44 bits per heavy atom. The molecule has 2 N–H and O–H groups in total. The molecule has 2 rings (SSSR count). The molecule has 0 aromatic heterocycles. The first-order valence-corrected chi connectivity index (χ1v) is 5.68. The summed E-state index contributed by atoms with van der Waals surface area (Å²) in [6.07, 6.45) is 2.57. The minimum Gasteiger partial charge on any atom is -0.388 e. The highest BCUT2D eigenvalue weighted by Gasteiger charge is 2.37. The molecular formula is C13H17NO2. The Bertz CT molecular complexity index is 373. The van der Waals surface area contributed by atoms with Crippen molar-refractivity contribution in [3.05, 3.63) is 35.9 Å². The lowest BCUT2D eigenvalue weighted by atomic mass is 10.0. The third-order valence-electron chi connectivity index (χ3n) is 3.27. The largest absolute Gasteiger partial charge is 0.388 e. The van der Waals surface area contributed by atoms with Gasteiger partial charge in [0.25, 0.3) is 5.91 Å². The van der Waals surface area contributed by atoms with Gasteiger partial charge in [0.1, 0.15) is 0 Å². The third kappa shape index (κ3) is 2.25. The van der Waals surface area contributed by atoms with Crippen molar-refractivity contribution in [1.29, 1.82) is 0 Å². The molecule has 1 aromatic rings. The van der Waals surface area contributed by atoms with Crippen molar-refractivity contribution in [2.75, 3.05) is 0 Å². The van der Waals surface area contributed by atoms with Crippen LogP contribution in [0.15, 0.2) is 30.3 Å². The third-order valence-corrected chi connectivity index (χ3v) is 3.27. The maximum atomic E-state index is 11.9. The van der Waals surface area contributed by atoms with Gasteiger partial charge in [-0.05, 0) is 38.3 Å². The van der Waals surface area contributed by atoms with Gasteiger partial charge in [-0.15, -0.1) is 0 Å². The van der Waals surface area contributed by atoms with Crippen LogP contribution in [0.3, 0.4) is 0 Å². The van der Waals surface area contributed by atoms with Gasteiger partial charge in [-0.1, -0.05) is 18.2 Å². The van der Waals surface area contributed by atoms with Gasteiger partial charge in [-0.25, -0.2) is 0 Å². The predicted molar refractivity (Wildman–Crippen MR) is 62.2 cm³/mol. The van der Waals surface area contributed by atoms with Crippen molar-refractivity contribution in [3.63, 3.8) is 0 Å². The molecule has 1 amide bonds. The smallest absolute Gasteiger partial charge is 0.251 e. The first kappa shape index (κ1) is 11.1. The number of nitrogens with one attached hydrogen (secondary N) is 1. The summed E-state index contributed by atoms with van der Waals surface area (Å²) in [4.78, 5) is 11.9. The average Bonchev–Trinajstić information content (AvgIpc) is 2.59. The second-order valence-electron chi connectivity index (χ2n) is 4.64. The van der Waals surface area contributed by atoms with Crippen molar-refractivity contribution in [2.24, 2.45) is 0 Å². The van der Waals surface area contributed by atoms with E-state index >= 15 is 0 Å². The highest BCUT2D eigenvalue weighted by atomic mass is 16.3. The van der Waals surface area contributed by atoms with E-state index in [0.717, 1.165) is 19.3 Å². The maximum absolute atomic E-state index is 11.9. The molecule has 0 bridgehead atoms. The van der Waals surface area contributed by atoms with E-state index in [0.29, 0.717) is 5.56 Å². The second kappa shape index (κ2) is 4.26. The lowest BCUT2D eigenvalue weighted by Crippen LogP contribution is -2.47. The Kier molecular flexibility index (Phi) is 2.97. The Morgan fingerprint density at radius 2 is 2.12 bits per heavy atom. The molecule has 1 aliphatic rings. The fourth-order valence-electron chi connectivity index (χ4n) is 2.21. The van der Waals surface area contributed by atoms with Gasteiger partial charge in [-0.2, -0.15) is 0 Å². The molecule has 1 fully saturated rings. The lowest BCUT2D eigenvalue weighted by Gasteiger charge is -2.26. The fourth-order valence-corrected chi connectivity index (χ4v) is 2.21. The molecule has 86 valence electrons. The van der Waals surface area contributed by atoms with E-state index in [4.69, 9.17) is 0 Å². The SMILES string of the molecule is CC1(O)CCCC1NC(=O)c1ccccc1. The van der Waals surface area contributed by atoms with Crippen LogP contribution < -0.4 is 5.32 Å². The number of aliphatic hydroxyl groups is 1. The van der Waals surface area contributed by atoms with Crippen LogP contribution >= 0.6 is 0 Å². The second-order valence-corrected chi connectivity index (χ2v) is 4.64. The molecule has 2 unspecified atom stereocenters. The average molecular weight is 219 g/mol. The summed E-state index contributed by atoms with van der Waals surface area (Å²) >= 11 is 0. The molecule has 16 heavy (non-hydrogen) atoms. The highest BCUT2D eigenvalue weighted by Crippen LogP contribution is 2.29. The molecule has 1 aromatic carbocycles. The summed E-state index contributed by atoms with van der Waals surface area (Å²) in [6, 6.07) is 8.98. The van der Waals surface area contributed by atoms with Crippen molar-refractivity contribution in [1.82, 2.24) is 5.32 Å². The zero-order valence-corrected chi connectivity index (χ0v) is 9.44. The number of amides is 1. The molecule has 2 atom stereocenters. The summed E-state index contributed by atoms with van der Waals surface area (Å²) in [6.45, 7) is 1.79. The molecule has 3 heteroatoms. The molecule has 1 aliphatic carbocycles. The number of carbonyl (C=O) groups is 1. The minimum absolute atomic E-state index is 0.104. The van der Waals surface area contributed by atoms with Gasteiger partial charge in [0.2, 0.25) is 0 Å². The van der Waals surface area contributed by atoms with E-state index in [-0.39, 0.29) is 11.9 Å². The van der Waals surface area contributed by atoms with Crippen LogP contribution in [0.5, 0.6) is 0 Å². The molecule has 0 radical (unpaired) electrons. The number of benzene rings is 1. The first-order valence-electron chi connectivity index (χ1n) is 5.68. The Hall–Kier alpha value is -1.35. The van der Waals surface area contributed by atoms with E-state index in [1.54, 1.807) is 19.1 Å². The summed E-state index contributed by atoms with van der Waals surface area (Å²) in [5.74, 6) is -0.104. The minimum atomic E-state index is -0.759. The van der Waals surface area contributed by atoms with Gasteiger partial charge in [-0.3, -0.25) is 4.79 Å². The fraction of sp³-hybridized carbons (Fsp3) is 0.462. The molecule has 0 aliphatic heterocycles. The van der Waals surface area contributed by atoms with Crippen molar-refractivity contribution in [3.8, 4) is 0 Å². The van der Waals surface area contributed by atoms with Gasteiger partial charge < -0.3 is 10.4 Å². The van der Waals surface area contributed by atoms with E-state index < -0.39 is 5.60 Å². The van der Waals surface area contributed by atoms with Crippen LogP contribution in [0.25, 0.3) is 0 Å². The molecule has 0 saturated heterocycles. The van der Waals surface area contributed by atoms with E-state index in [2.05, 4.69) is 5.32 Å². The highest BCUT2D eigenvalue weighted by molar-refractivity contribution is 5.94. The molecule has 1 saturated carbocycles. The van der Waals surface area contributed by atoms with E-state index in [9.17, 15) is 9.90 Å². The summed E-state index contributed by atoms with van der Waals surface area (Å²) in [5.41, 5.74) is -0.116. The van der Waals surface area contributed by atoms with Gasteiger partial charge in [0.05, 0.1) is 11.6 Å². The Morgan fingerprint density at radius 3 is 2.69 bits per heavy atom. The van der Waals surface area contributed by atoms with Crippen LogP contribution in [0.2, 0.25) is 0 Å². The maximum Gasteiger partial charge on any atom is 0.251 e. The summed E-state index contributed by atoms with van der Waals surface area (Å²) in [5, 5.41) is 12.9. The zero-order valence-electron chi connectivity index (χ0n) is 9.44. The van der Waals surface area contributed by atoms with Crippen LogP contribution in [0, 0.1) is 0 Å². The van der Waals surface area contributed by atoms with Crippen molar-refractivity contribution >= 4 is 5.91 Å². The van der Waals surface area contributed by atoms with Gasteiger partial charge >= 0.3 is 0 Å². The topological polar surface area (TPSA) is 49.3 Å². The zero-order chi connectivity index (χ0) is 11.6. The molecule has 0 heterocycles. The van der Waals surface area contributed by atoms with Crippen LogP contribution in [0.1, 0.15) is 36.5 Å². The molecular weight excluding hydrogens is 202 g/mol. The monoisotopic (exact) mass is 219 g/mol. The van der Waals surface area contributed by atoms with Crippen molar-refractivity contribution in [2.45, 2.75) is 37.8 Å². The van der Waals surface area contributed by atoms with Crippen LogP contribution in [-0.2, 0) is 0 Å². The van der Waals surface area contributed by atoms with E-state index in [1.807, 2.05) is 18.2 Å². The number of hydrogen-bond donors (Lipinski definition) is 2. The van der Waals surface area contributed by atoms with Gasteiger partial charge in [0, 0.05) is 5.56 Å². The Labute approximate surface area is 95.5 Å². The quantitative estimate of drug-likeness (QED) is 0.795. The van der Waals surface area contributed by atoms with Crippen LogP contribution in [0.4, 0.5) is 0 Å². The first-order chi connectivity index (χ1) is 7.59.